The smallest absolute Gasteiger partial charge is 0.0589 e. The highest BCUT2D eigenvalue weighted by Gasteiger charge is 2.21. The first-order valence-electron chi connectivity index (χ1n) is 6.34. The van der Waals surface area contributed by atoms with Gasteiger partial charge in [-0.1, -0.05) is 18.5 Å². The van der Waals surface area contributed by atoms with E-state index in [-0.39, 0.29) is 6.04 Å². The standard InChI is InChI=1S/C15H18ClNS2/c1-3-13(17)15(14-9-4-10(2)18-14)19-12-7-5-11(16)6-8-12/h4-9,13,15H,3,17H2,1-2H3. The maximum atomic E-state index is 6.30. The highest BCUT2D eigenvalue weighted by atomic mass is 35.5. The van der Waals surface area contributed by atoms with Crippen molar-refractivity contribution in [3.63, 3.8) is 0 Å². The minimum absolute atomic E-state index is 0.165. The van der Waals surface area contributed by atoms with Gasteiger partial charge in [0.15, 0.2) is 0 Å². The Kier molecular flexibility index (Phi) is 5.34. The number of nitrogens with two attached hydrogens (primary N) is 1. The fourth-order valence-corrected chi connectivity index (χ4v) is 4.33. The van der Waals surface area contributed by atoms with Crippen LogP contribution in [0.5, 0.6) is 0 Å². The number of thiophene rings is 1. The first kappa shape index (κ1) is 14.9. The number of aryl methyl sites for hydroxylation is 1. The van der Waals surface area contributed by atoms with Crippen molar-refractivity contribution in [3.8, 4) is 0 Å². The summed E-state index contributed by atoms with van der Waals surface area (Å²) in [7, 11) is 0. The molecule has 2 N–H and O–H groups in total. The quantitative estimate of drug-likeness (QED) is 0.760. The lowest BCUT2D eigenvalue weighted by Gasteiger charge is -2.21. The van der Waals surface area contributed by atoms with E-state index in [0.717, 1.165) is 11.4 Å². The summed E-state index contributed by atoms with van der Waals surface area (Å²) in [5.41, 5.74) is 6.30. The molecule has 0 spiro atoms. The van der Waals surface area contributed by atoms with E-state index in [9.17, 15) is 0 Å². The van der Waals surface area contributed by atoms with E-state index in [0.29, 0.717) is 5.25 Å². The van der Waals surface area contributed by atoms with Gasteiger partial charge in [-0.2, -0.15) is 0 Å². The topological polar surface area (TPSA) is 26.0 Å². The van der Waals surface area contributed by atoms with Gasteiger partial charge in [-0.05, 0) is 49.7 Å². The molecule has 0 bridgehead atoms. The Labute approximate surface area is 128 Å². The Morgan fingerprint density at radius 1 is 1.21 bits per heavy atom. The van der Waals surface area contributed by atoms with Crippen molar-refractivity contribution in [1.82, 2.24) is 0 Å². The van der Waals surface area contributed by atoms with Crippen molar-refractivity contribution in [1.29, 1.82) is 0 Å². The molecule has 2 aromatic rings. The average molecular weight is 312 g/mol. The highest BCUT2D eigenvalue weighted by molar-refractivity contribution is 7.99. The molecule has 102 valence electrons. The predicted molar refractivity (Wildman–Crippen MR) is 87.4 cm³/mol. The zero-order chi connectivity index (χ0) is 13.8. The summed E-state index contributed by atoms with van der Waals surface area (Å²) in [5, 5.41) is 1.08. The van der Waals surface area contributed by atoms with Gasteiger partial charge in [0.2, 0.25) is 0 Å². The Balaban J connectivity index is 2.21. The van der Waals surface area contributed by atoms with E-state index in [1.165, 1.54) is 14.6 Å². The van der Waals surface area contributed by atoms with Crippen molar-refractivity contribution in [3.05, 3.63) is 51.2 Å². The van der Waals surface area contributed by atoms with Crippen LogP contribution in [-0.4, -0.2) is 6.04 Å². The molecule has 0 saturated carbocycles. The van der Waals surface area contributed by atoms with Crippen LogP contribution in [0.25, 0.3) is 0 Å². The molecule has 0 aliphatic carbocycles. The summed E-state index contributed by atoms with van der Waals surface area (Å²) in [4.78, 5) is 3.90. The van der Waals surface area contributed by atoms with Crippen LogP contribution in [0.4, 0.5) is 0 Å². The lowest BCUT2D eigenvalue weighted by Crippen LogP contribution is -2.25. The van der Waals surface area contributed by atoms with Crippen molar-refractivity contribution >= 4 is 34.7 Å². The Morgan fingerprint density at radius 2 is 1.89 bits per heavy atom. The van der Waals surface area contributed by atoms with Gasteiger partial charge < -0.3 is 5.73 Å². The lowest BCUT2D eigenvalue weighted by molar-refractivity contribution is 0.640. The van der Waals surface area contributed by atoms with Crippen LogP contribution < -0.4 is 5.73 Å². The second-order valence-corrected chi connectivity index (χ2v) is 7.48. The second kappa shape index (κ2) is 6.80. The van der Waals surface area contributed by atoms with E-state index >= 15 is 0 Å². The molecule has 0 radical (unpaired) electrons. The summed E-state index contributed by atoms with van der Waals surface area (Å²) in [6.07, 6.45) is 0.974. The van der Waals surface area contributed by atoms with Crippen LogP contribution in [0.3, 0.4) is 0 Å². The SMILES string of the molecule is CCC(N)C(Sc1ccc(Cl)cc1)c1ccc(C)s1. The number of hydrogen-bond acceptors (Lipinski definition) is 3. The molecule has 4 heteroatoms. The Hall–Kier alpha value is -0.480. The van der Waals surface area contributed by atoms with Gasteiger partial charge in [0.25, 0.3) is 0 Å². The lowest BCUT2D eigenvalue weighted by atomic mass is 10.1. The van der Waals surface area contributed by atoms with Crippen LogP contribution in [0.2, 0.25) is 5.02 Å². The van der Waals surface area contributed by atoms with Gasteiger partial charge in [0.1, 0.15) is 0 Å². The molecule has 1 heterocycles. The number of hydrogen-bond donors (Lipinski definition) is 1. The fourth-order valence-electron chi connectivity index (χ4n) is 1.84. The van der Waals surface area contributed by atoms with E-state index in [1.807, 2.05) is 35.2 Å². The van der Waals surface area contributed by atoms with Crippen LogP contribution in [0, 0.1) is 6.92 Å². The Morgan fingerprint density at radius 3 is 2.42 bits per heavy atom. The summed E-state index contributed by atoms with van der Waals surface area (Å²) >= 11 is 9.58. The molecule has 0 aliphatic heterocycles. The minimum Gasteiger partial charge on any atom is -0.326 e. The molecule has 1 nitrogen and oxygen atoms in total. The summed E-state index contributed by atoms with van der Waals surface area (Å²) < 4.78 is 0. The van der Waals surface area contributed by atoms with Crippen LogP contribution >= 0.6 is 34.7 Å². The van der Waals surface area contributed by atoms with E-state index in [1.54, 1.807) is 0 Å². The zero-order valence-electron chi connectivity index (χ0n) is 11.1. The van der Waals surface area contributed by atoms with Crippen molar-refractivity contribution in [2.75, 3.05) is 0 Å². The molecule has 2 atom stereocenters. The number of halogens is 1. The second-order valence-electron chi connectivity index (χ2n) is 4.51. The molecule has 2 rings (SSSR count). The molecule has 0 aliphatic rings. The predicted octanol–water partition coefficient (Wildman–Crippen LogP) is 5.28. The average Bonchev–Trinajstić information content (AvgIpc) is 2.83. The number of rotatable bonds is 5. The molecule has 1 aromatic carbocycles. The van der Waals surface area contributed by atoms with Gasteiger partial charge in [-0.25, -0.2) is 0 Å². The molecule has 0 amide bonds. The van der Waals surface area contributed by atoms with Gasteiger partial charge in [-0.15, -0.1) is 23.1 Å². The third-order valence-electron chi connectivity index (χ3n) is 2.98. The number of thioether (sulfide) groups is 1. The van der Waals surface area contributed by atoms with Crippen molar-refractivity contribution in [2.45, 2.75) is 36.5 Å². The van der Waals surface area contributed by atoms with Gasteiger partial charge >= 0.3 is 0 Å². The van der Waals surface area contributed by atoms with Gasteiger partial charge in [-0.3, -0.25) is 0 Å². The fraction of sp³-hybridized carbons (Fsp3) is 0.333. The van der Waals surface area contributed by atoms with Crippen LogP contribution in [0.15, 0.2) is 41.3 Å². The Bertz CT molecular complexity index is 521. The molecule has 2 unspecified atom stereocenters. The van der Waals surface area contributed by atoms with Gasteiger partial charge in [0.05, 0.1) is 5.25 Å². The first-order chi connectivity index (χ1) is 9.10. The summed E-state index contributed by atoms with van der Waals surface area (Å²) in [5.74, 6) is 0. The molecular weight excluding hydrogens is 294 g/mol. The van der Waals surface area contributed by atoms with Crippen LogP contribution in [0.1, 0.15) is 28.3 Å². The molecule has 0 saturated heterocycles. The third-order valence-corrected chi connectivity index (χ3v) is 5.87. The third kappa shape index (κ3) is 3.99. The number of benzene rings is 1. The van der Waals surface area contributed by atoms with E-state index in [4.69, 9.17) is 17.3 Å². The highest BCUT2D eigenvalue weighted by Crippen LogP contribution is 2.41. The first-order valence-corrected chi connectivity index (χ1v) is 8.41. The van der Waals surface area contributed by atoms with Crippen LogP contribution in [-0.2, 0) is 0 Å². The normalized spacial score (nSPS) is 14.3. The maximum Gasteiger partial charge on any atom is 0.0589 e. The zero-order valence-corrected chi connectivity index (χ0v) is 13.5. The largest absolute Gasteiger partial charge is 0.326 e. The van der Waals surface area contributed by atoms with Crippen molar-refractivity contribution < 1.29 is 0 Å². The molecule has 1 aromatic heterocycles. The summed E-state index contributed by atoms with van der Waals surface area (Å²) in [6.45, 7) is 4.27. The van der Waals surface area contributed by atoms with Crippen molar-refractivity contribution in [2.24, 2.45) is 5.73 Å². The summed E-state index contributed by atoms with van der Waals surface area (Å²) in [6, 6.07) is 12.5. The maximum absolute atomic E-state index is 6.30. The molecular formula is C15H18ClNS2. The van der Waals surface area contributed by atoms with E-state index in [2.05, 4.69) is 38.1 Å². The minimum atomic E-state index is 0.165. The molecule has 19 heavy (non-hydrogen) atoms. The van der Waals surface area contributed by atoms with Gasteiger partial charge in [0, 0.05) is 25.7 Å². The van der Waals surface area contributed by atoms with E-state index < -0.39 is 0 Å². The molecule has 0 fully saturated rings. The monoisotopic (exact) mass is 311 g/mol.